The van der Waals surface area contributed by atoms with Crippen molar-refractivity contribution in [2.24, 2.45) is 5.11 Å². The van der Waals surface area contributed by atoms with Crippen LogP contribution < -0.4 is 11.2 Å². The number of aryl methyl sites for hydroxylation is 1. The number of hydrogen-bond donors (Lipinski definition) is 1. The SMILES string of the molecule is Cc1cn([C@H]2C[C@H](OCOCCCCCCN=[N+]=[N-])[C@@H](COC(=O)c3ccccc3)O2)c(=O)[nH]c1=O. The molecule has 12 nitrogen and oxygen atoms in total. The standard InChI is InChI=1S/C24H31N5O7/c1-17-14-29(24(32)27-22(17)30)21-13-19(35-16-33-12-8-3-2-7-11-26-28-25)20(36-21)15-34-23(31)18-9-5-4-6-10-18/h4-6,9-10,14,19-21H,2-3,7-8,11-13,15-16H2,1H3,(H,27,30,32)/t19-,20+,21+/m0/s1. The molecule has 3 rings (SSSR count). The van der Waals surface area contributed by atoms with Gasteiger partial charge < -0.3 is 18.9 Å². The summed E-state index contributed by atoms with van der Waals surface area (Å²) in [7, 11) is 0. The summed E-state index contributed by atoms with van der Waals surface area (Å²) in [5.41, 5.74) is 8.01. The van der Waals surface area contributed by atoms with E-state index in [1.54, 1.807) is 37.3 Å². The number of aromatic nitrogens is 2. The van der Waals surface area contributed by atoms with Crippen LogP contribution in [-0.4, -0.2) is 54.3 Å². The van der Waals surface area contributed by atoms with E-state index in [4.69, 9.17) is 24.5 Å². The molecule has 0 spiro atoms. The second kappa shape index (κ2) is 14.2. The third kappa shape index (κ3) is 8.06. The number of nitrogens with one attached hydrogen (secondary N) is 1. The smallest absolute Gasteiger partial charge is 0.338 e. The molecule has 1 aromatic heterocycles. The van der Waals surface area contributed by atoms with Crippen LogP contribution in [0, 0.1) is 6.92 Å². The van der Waals surface area contributed by atoms with Gasteiger partial charge in [-0.25, -0.2) is 9.59 Å². The van der Waals surface area contributed by atoms with Crippen molar-refractivity contribution < 1.29 is 23.7 Å². The number of benzene rings is 1. The highest BCUT2D eigenvalue weighted by molar-refractivity contribution is 5.89. The molecule has 2 heterocycles. The van der Waals surface area contributed by atoms with Gasteiger partial charge in [0, 0.05) is 36.2 Å². The van der Waals surface area contributed by atoms with E-state index in [2.05, 4.69) is 15.0 Å². The minimum absolute atomic E-state index is 0.0160. The Labute approximate surface area is 207 Å². The summed E-state index contributed by atoms with van der Waals surface area (Å²) in [4.78, 5) is 41.4. The van der Waals surface area contributed by atoms with Crippen LogP contribution in [0.15, 0.2) is 51.2 Å². The van der Waals surface area contributed by atoms with E-state index < -0.39 is 35.7 Å². The first kappa shape index (κ1) is 27.2. The number of unbranched alkanes of at least 4 members (excludes halogenated alkanes) is 3. The van der Waals surface area contributed by atoms with Gasteiger partial charge in [0.25, 0.3) is 5.56 Å². The lowest BCUT2D eigenvalue weighted by Gasteiger charge is -2.19. The Bertz CT molecular complexity index is 1140. The average Bonchev–Trinajstić information content (AvgIpc) is 3.29. The molecule has 0 radical (unpaired) electrons. The summed E-state index contributed by atoms with van der Waals surface area (Å²) >= 11 is 0. The van der Waals surface area contributed by atoms with E-state index in [0.29, 0.717) is 30.7 Å². The summed E-state index contributed by atoms with van der Waals surface area (Å²) < 4.78 is 24.2. The van der Waals surface area contributed by atoms with Gasteiger partial charge in [0.05, 0.1) is 11.7 Å². The van der Waals surface area contributed by atoms with Gasteiger partial charge in [-0.3, -0.25) is 14.3 Å². The normalized spacial score (nSPS) is 19.1. The van der Waals surface area contributed by atoms with Crippen LogP contribution in [0.4, 0.5) is 0 Å². The lowest BCUT2D eigenvalue weighted by Crippen LogP contribution is -2.33. The van der Waals surface area contributed by atoms with E-state index in [9.17, 15) is 14.4 Å². The molecule has 1 aliphatic rings. The number of carbonyl (C=O) groups excluding carboxylic acids is 1. The Morgan fingerprint density at radius 2 is 2.00 bits per heavy atom. The molecule has 0 amide bonds. The third-order valence-corrected chi connectivity index (χ3v) is 5.75. The largest absolute Gasteiger partial charge is 0.459 e. The van der Waals surface area contributed by atoms with Crippen molar-refractivity contribution in [1.29, 1.82) is 0 Å². The maximum atomic E-state index is 12.4. The molecule has 194 valence electrons. The van der Waals surface area contributed by atoms with Crippen LogP contribution in [0.2, 0.25) is 0 Å². The van der Waals surface area contributed by atoms with E-state index in [0.717, 1.165) is 25.7 Å². The minimum atomic E-state index is -0.699. The van der Waals surface area contributed by atoms with E-state index >= 15 is 0 Å². The number of H-pyrrole nitrogens is 1. The molecule has 1 saturated heterocycles. The Kier molecular flexibility index (Phi) is 10.7. The number of rotatable bonds is 14. The number of ether oxygens (including phenoxy) is 4. The van der Waals surface area contributed by atoms with Gasteiger partial charge in [0.1, 0.15) is 25.7 Å². The fourth-order valence-corrected chi connectivity index (χ4v) is 3.79. The molecule has 1 aromatic carbocycles. The van der Waals surface area contributed by atoms with Gasteiger partial charge in [-0.15, -0.1) is 0 Å². The Balaban J connectivity index is 1.54. The zero-order valence-electron chi connectivity index (χ0n) is 20.2. The molecule has 0 bridgehead atoms. The van der Waals surface area contributed by atoms with Crippen molar-refractivity contribution in [2.75, 3.05) is 26.6 Å². The Morgan fingerprint density at radius 1 is 1.22 bits per heavy atom. The highest BCUT2D eigenvalue weighted by Crippen LogP contribution is 2.30. The van der Waals surface area contributed by atoms with Gasteiger partial charge in [-0.1, -0.05) is 36.2 Å². The number of nitrogens with zero attached hydrogens (tertiary/aromatic N) is 4. The van der Waals surface area contributed by atoms with Crippen LogP contribution in [0.25, 0.3) is 10.4 Å². The van der Waals surface area contributed by atoms with Crippen molar-refractivity contribution in [3.8, 4) is 0 Å². The van der Waals surface area contributed by atoms with Gasteiger partial charge in [0.2, 0.25) is 0 Å². The molecule has 3 atom stereocenters. The molecular weight excluding hydrogens is 470 g/mol. The Morgan fingerprint density at radius 3 is 2.78 bits per heavy atom. The number of hydrogen-bond acceptors (Lipinski definition) is 8. The predicted molar refractivity (Wildman–Crippen MR) is 129 cm³/mol. The van der Waals surface area contributed by atoms with E-state index in [1.807, 2.05) is 0 Å². The van der Waals surface area contributed by atoms with E-state index in [-0.39, 0.29) is 13.4 Å². The minimum Gasteiger partial charge on any atom is -0.459 e. The second-order valence-electron chi connectivity index (χ2n) is 8.41. The monoisotopic (exact) mass is 501 g/mol. The number of carbonyl (C=O) groups is 1. The van der Waals surface area contributed by atoms with Crippen molar-refractivity contribution in [3.63, 3.8) is 0 Å². The van der Waals surface area contributed by atoms with E-state index in [1.165, 1.54) is 10.8 Å². The molecule has 2 aromatic rings. The molecule has 0 unspecified atom stereocenters. The molecule has 1 aliphatic heterocycles. The first-order chi connectivity index (χ1) is 17.5. The summed E-state index contributed by atoms with van der Waals surface area (Å²) in [5, 5.41) is 3.50. The third-order valence-electron chi connectivity index (χ3n) is 5.75. The lowest BCUT2D eigenvalue weighted by molar-refractivity contribution is -0.120. The maximum absolute atomic E-state index is 12.4. The number of aromatic amines is 1. The fourth-order valence-electron chi connectivity index (χ4n) is 3.79. The van der Waals surface area contributed by atoms with Crippen LogP contribution in [0.5, 0.6) is 0 Å². The first-order valence-corrected chi connectivity index (χ1v) is 11.9. The Hall–Kier alpha value is -3.44. The molecule has 1 fully saturated rings. The molecule has 36 heavy (non-hydrogen) atoms. The van der Waals surface area contributed by atoms with Crippen molar-refractivity contribution >= 4 is 5.97 Å². The second-order valence-corrected chi connectivity index (χ2v) is 8.41. The maximum Gasteiger partial charge on any atom is 0.338 e. The molecule has 0 aliphatic carbocycles. The van der Waals surface area contributed by atoms with Crippen LogP contribution in [0.1, 0.15) is 54.3 Å². The number of azide groups is 1. The van der Waals surface area contributed by atoms with Gasteiger partial charge in [0.15, 0.2) is 0 Å². The average molecular weight is 502 g/mol. The van der Waals surface area contributed by atoms with Gasteiger partial charge in [-0.05, 0) is 37.4 Å². The molecular formula is C24H31N5O7. The summed E-state index contributed by atoms with van der Waals surface area (Å²) in [6, 6.07) is 8.60. The number of esters is 1. The van der Waals surface area contributed by atoms with Crippen LogP contribution >= 0.6 is 0 Å². The molecule has 12 heteroatoms. The highest BCUT2D eigenvalue weighted by atomic mass is 16.7. The summed E-state index contributed by atoms with van der Waals surface area (Å²) in [5.74, 6) is -0.491. The zero-order chi connectivity index (χ0) is 25.8. The predicted octanol–water partition coefficient (Wildman–Crippen LogP) is 3.22. The lowest BCUT2D eigenvalue weighted by atomic mass is 10.2. The van der Waals surface area contributed by atoms with Crippen LogP contribution in [-0.2, 0) is 18.9 Å². The quantitative estimate of drug-likeness (QED) is 0.104. The zero-order valence-corrected chi connectivity index (χ0v) is 20.2. The first-order valence-electron chi connectivity index (χ1n) is 11.9. The topological polar surface area (TPSA) is 158 Å². The van der Waals surface area contributed by atoms with Gasteiger partial charge in [-0.2, -0.15) is 0 Å². The van der Waals surface area contributed by atoms with Crippen molar-refractivity contribution in [2.45, 2.75) is 57.5 Å². The molecule has 0 saturated carbocycles. The fraction of sp³-hybridized carbons (Fsp3) is 0.542. The van der Waals surface area contributed by atoms with Crippen molar-refractivity contribution in [3.05, 3.63) is 78.9 Å². The highest BCUT2D eigenvalue weighted by Gasteiger charge is 2.38. The van der Waals surface area contributed by atoms with Gasteiger partial charge >= 0.3 is 11.7 Å². The van der Waals surface area contributed by atoms with Crippen LogP contribution in [0.3, 0.4) is 0 Å². The summed E-state index contributed by atoms with van der Waals surface area (Å²) in [6.07, 6.45) is 3.50. The summed E-state index contributed by atoms with van der Waals surface area (Å²) in [6.45, 7) is 2.54. The van der Waals surface area contributed by atoms with Crippen molar-refractivity contribution in [1.82, 2.24) is 9.55 Å². The molecule has 1 N–H and O–H groups in total.